The number of halogens is 9. The molecular formula is C15H8F9O. The number of benzene rings is 2. The second-order valence-electron chi connectivity index (χ2n) is 5.22. The fourth-order valence-electron chi connectivity index (χ4n) is 2.23. The van der Waals surface area contributed by atoms with Gasteiger partial charge in [0.2, 0.25) is 0 Å². The average Bonchev–Trinajstić information content (AvgIpc) is 2.52. The van der Waals surface area contributed by atoms with Gasteiger partial charge < -0.3 is 0 Å². The van der Waals surface area contributed by atoms with Crippen LogP contribution >= 0.6 is 0 Å². The lowest BCUT2D eigenvalue weighted by Gasteiger charge is -2.35. The van der Waals surface area contributed by atoms with Gasteiger partial charge in [0.15, 0.2) is 6.10 Å². The fraction of sp³-hybridized carbons (Fsp3) is 0.333. The van der Waals surface area contributed by atoms with Crippen molar-refractivity contribution in [2.45, 2.75) is 30.0 Å². The summed E-state index contributed by atoms with van der Waals surface area (Å²) in [5, 5.41) is 11.8. The van der Waals surface area contributed by atoms with Gasteiger partial charge in [0.1, 0.15) is 0 Å². The SMILES string of the molecule is [O]C(c1cccc2ccccc12)C(F)(F)C(F)(F)C(F)(F)C(F)(F)F. The summed E-state index contributed by atoms with van der Waals surface area (Å²) in [5.41, 5.74) is -1.01. The van der Waals surface area contributed by atoms with Gasteiger partial charge in [-0.25, -0.2) is 5.11 Å². The van der Waals surface area contributed by atoms with Crippen molar-refractivity contribution in [3.8, 4) is 0 Å². The van der Waals surface area contributed by atoms with Crippen LogP contribution in [0.4, 0.5) is 39.5 Å². The van der Waals surface area contributed by atoms with E-state index in [4.69, 9.17) is 0 Å². The highest BCUT2D eigenvalue weighted by molar-refractivity contribution is 5.86. The van der Waals surface area contributed by atoms with Gasteiger partial charge in [-0.1, -0.05) is 42.5 Å². The summed E-state index contributed by atoms with van der Waals surface area (Å²) in [7, 11) is 0. The Balaban J connectivity index is 2.58. The molecule has 0 aromatic heterocycles. The Hall–Kier alpha value is -1.97. The zero-order valence-electron chi connectivity index (χ0n) is 11.9. The molecule has 1 nitrogen and oxygen atoms in total. The minimum atomic E-state index is -7.09. The number of alkyl halides is 9. The molecule has 0 saturated carbocycles. The van der Waals surface area contributed by atoms with Crippen LogP contribution in [0.3, 0.4) is 0 Å². The van der Waals surface area contributed by atoms with E-state index in [1.165, 1.54) is 24.3 Å². The molecule has 0 fully saturated rings. The molecule has 0 saturated heterocycles. The molecule has 0 aliphatic carbocycles. The second-order valence-corrected chi connectivity index (χ2v) is 5.22. The van der Waals surface area contributed by atoms with Crippen LogP contribution in [0.25, 0.3) is 10.8 Å². The quantitative estimate of drug-likeness (QED) is 0.604. The highest BCUT2D eigenvalue weighted by atomic mass is 19.4. The normalized spacial score (nSPS) is 15.4. The van der Waals surface area contributed by atoms with Gasteiger partial charge in [-0.2, -0.15) is 39.5 Å². The number of hydrogen-bond acceptors (Lipinski definition) is 0. The lowest BCUT2D eigenvalue weighted by atomic mass is 9.91. The molecule has 137 valence electrons. The first-order chi connectivity index (χ1) is 11.2. The van der Waals surface area contributed by atoms with Crippen LogP contribution in [0.5, 0.6) is 0 Å². The van der Waals surface area contributed by atoms with Gasteiger partial charge in [-0.05, 0) is 16.3 Å². The van der Waals surface area contributed by atoms with Gasteiger partial charge in [0.05, 0.1) is 0 Å². The third-order valence-electron chi connectivity index (χ3n) is 3.60. The van der Waals surface area contributed by atoms with Crippen molar-refractivity contribution < 1.29 is 44.6 Å². The highest BCUT2D eigenvalue weighted by Gasteiger charge is 2.83. The summed E-state index contributed by atoms with van der Waals surface area (Å²) in [6, 6.07) is 8.13. The molecule has 1 radical (unpaired) electrons. The van der Waals surface area contributed by atoms with E-state index in [9.17, 15) is 44.6 Å². The molecule has 2 rings (SSSR count). The van der Waals surface area contributed by atoms with Crippen molar-refractivity contribution >= 4 is 10.8 Å². The van der Waals surface area contributed by atoms with Crippen molar-refractivity contribution in [1.29, 1.82) is 0 Å². The van der Waals surface area contributed by atoms with Gasteiger partial charge in [-0.3, -0.25) is 0 Å². The van der Waals surface area contributed by atoms with Crippen molar-refractivity contribution in [2.24, 2.45) is 0 Å². The van der Waals surface area contributed by atoms with E-state index < -0.39 is 35.6 Å². The molecule has 25 heavy (non-hydrogen) atoms. The maximum atomic E-state index is 13.8. The third kappa shape index (κ3) is 2.82. The maximum absolute atomic E-state index is 13.8. The zero-order chi connectivity index (χ0) is 19.3. The first kappa shape index (κ1) is 19.4. The topological polar surface area (TPSA) is 19.9 Å². The van der Waals surface area contributed by atoms with E-state index in [0.717, 1.165) is 12.1 Å². The van der Waals surface area contributed by atoms with Gasteiger partial charge in [-0.15, -0.1) is 0 Å². The Morgan fingerprint density at radius 1 is 0.680 bits per heavy atom. The molecule has 0 spiro atoms. The van der Waals surface area contributed by atoms with E-state index in [-0.39, 0.29) is 10.8 Å². The van der Waals surface area contributed by atoms with E-state index in [2.05, 4.69) is 0 Å². The molecule has 10 heteroatoms. The van der Waals surface area contributed by atoms with Crippen LogP contribution in [0.15, 0.2) is 42.5 Å². The lowest BCUT2D eigenvalue weighted by Crippen LogP contribution is -2.62. The predicted octanol–water partition coefficient (Wildman–Crippen LogP) is 5.78. The Morgan fingerprint density at radius 3 is 1.76 bits per heavy atom. The summed E-state index contributed by atoms with van der Waals surface area (Å²) in [4.78, 5) is 0. The number of hydrogen-bond donors (Lipinski definition) is 0. The molecule has 2 aromatic rings. The summed E-state index contributed by atoms with van der Waals surface area (Å²) in [6.07, 6.45) is -10.8. The average molecular weight is 375 g/mol. The van der Waals surface area contributed by atoms with Crippen molar-refractivity contribution in [2.75, 3.05) is 0 Å². The lowest BCUT2D eigenvalue weighted by molar-refractivity contribution is -0.409. The number of rotatable bonds is 4. The van der Waals surface area contributed by atoms with Crippen LogP contribution in [0.2, 0.25) is 0 Å². The smallest absolute Gasteiger partial charge is 0.221 e. The second kappa shape index (κ2) is 5.79. The van der Waals surface area contributed by atoms with Crippen LogP contribution in [0.1, 0.15) is 11.7 Å². The fourth-order valence-corrected chi connectivity index (χ4v) is 2.23. The highest BCUT2D eigenvalue weighted by Crippen LogP contribution is 2.56. The molecule has 0 amide bonds. The van der Waals surface area contributed by atoms with Crippen molar-refractivity contribution in [3.05, 3.63) is 48.0 Å². The van der Waals surface area contributed by atoms with E-state index in [1.807, 2.05) is 0 Å². The van der Waals surface area contributed by atoms with E-state index >= 15 is 0 Å². The molecule has 1 unspecified atom stereocenters. The van der Waals surface area contributed by atoms with Gasteiger partial charge in [0, 0.05) is 0 Å². The van der Waals surface area contributed by atoms with Crippen LogP contribution in [-0.2, 0) is 5.11 Å². The maximum Gasteiger partial charge on any atom is 0.460 e. The molecule has 2 aromatic carbocycles. The Kier molecular flexibility index (Phi) is 4.48. The monoisotopic (exact) mass is 375 g/mol. The predicted molar refractivity (Wildman–Crippen MR) is 68.3 cm³/mol. The molecule has 0 N–H and O–H groups in total. The minimum Gasteiger partial charge on any atom is -0.221 e. The van der Waals surface area contributed by atoms with E-state index in [1.54, 1.807) is 0 Å². The van der Waals surface area contributed by atoms with E-state index in [0.29, 0.717) is 6.07 Å². The van der Waals surface area contributed by atoms with Crippen LogP contribution in [0, 0.1) is 0 Å². The van der Waals surface area contributed by atoms with Crippen LogP contribution < -0.4 is 0 Å². The zero-order valence-corrected chi connectivity index (χ0v) is 11.9. The number of fused-ring (bicyclic) bond motifs is 1. The summed E-state index contributed by atoms with van der Waals surface area (Å²) in [6.45, 7) is 0. The Morgan fingerprint density at radius 2 is 1.20 bits per heavy atom. The molecule has 0 heterocycles. The molecular weight excluding hydrogens is 367 g/mol. The molecule has 0 aliphatic heterocycles. The summed E-state index contributed by atoms with van der Waals surface area (Å²) in [5.74, 6) is -20.2. The first-order valence-electron chi connectivity index (χ1n) is 6.59. The minimum absolute atomic E-state index is 0.155. The Bertz CT molecular complexity index is 762. The third-order valence-corrected chi connectivity index (χ3v) is 3.60. The summed E-state index contributed by atoms with van der Waals surface area (Å²) < 4.78 is 117. The first-order valence-corrected chi connectivity index (χ1v) is 6.59. The van der Waals surface area contributed by atoms with Gasteiger partial charge >= 0.3 is 23.9 Å². The molecule has 1 atom stereocenters. The van der Waals surface area contributed by atoms with Gasteiger partial charge in [0.25, 0.3) is 0 Å². The van der Waals surface area contributed by atoms with Crippen molar-refractivity contribution in [3.63, 3.8) is 0 Å². The standard InChI is InChI=1S/C15H8F9O/c16-12(17,13(18,19)14(20,21)15(22,23)24)11(25)10-7-3-5-8-4-1-2-6-9(8)10/h1-7,11H. The largest absolute Gasteiger partial charge is 0.460 e. The Labute approximate surface area is 134 Å². The molecule has 0 bridgehead atoms. The van der Waals surface area contributed by atoms with Crippen LogP contribution in [-0.4, -0.2) is 23.9 Å². The molecule has 0 aliphatic rings. The van der Waals surface area contributed by atoms with Crippen molar-refractivity contribution in [1.82, 2.24) is 0 Å². The summed E-state index contributed by atoms with van der Waals surface area (Å²) >= 11 is 0.